The third kappa shape index (κ3) is 5.19. The van der Waals surface area contributed by atoms with E-state index < -0.39 is 0 Å². The minimum absolute atomic E-state index is 0. The molecule has 0 unspecified atom stereocenters. The highest BCUT2D eigenvalue weighted by Crippen LogP contribution is 2.31. The predicted octanol–water partition coefficient (Wildman–Crippen LogP) is 4.20. The summed E-state index contributed by atoms with van der Waals surface area (Å²) in [6.45, 7) is 2.84. The molecule has 7 heteroatoms. The largest absolute Gasteiger partial charge is 0.486 e. The first kappa shape index (κ1) is 22.3. The van der Waals surface area contributed by atoms with E-state index in [1.807, 2.05) is 20.2 Å². The Morgan fingerprint density at radius 2 is 1.93 bits per heavy atom. The molecule has 1 aromatic heterocycles. The zero-order chi connectivity index (χ0) is 20.1. The summed E-state index contributed by atoms with van der Waals surface area (Å²) < 4.78 is 11.3. The van der Waals surface area contributed by atoms with Crippen molar-refractivity contribution in [2.75, 3.05) is 33.9 Å². The molecule has 0 radical (unpaired) electrons. The molecule has 2 N–H and O–H groups in total. The minimum atomic E-state index is 0. The molecule has 2 heterocycles. The van der Waals surface area contributed by atoms with E-state index >= 15 is 0 Å². The van der Waals surface area contributed by atoms with Gasteiger partial charge in [-0.2, -0.15) is 0 Å². The number of para-hydroxylation sites is 1. The van der Waals surface area contributed by atoms with Crippen molar-refractivity contribution in [3.63, 3.8) is 0 Å². The van der Waals surface area contributed by atoms with Gasteiger partial charge in [0.05, 0.1) is 0 Å². The van der Waals surface area contributed by atoms with Crippen LogP contribution in [0.15, 0.2) is 53.7 Å². The number of aromatic nitrogens is 1. The van der Waals surface area contributed by atoms with Crippen molar-refractivity contribution in [1.82, 2.24) is 15.2 Å². The molecule has 3 aromatic rings. The van der Waals surface area contributed by atoms with Crippen LogP contribution in [0.4, 0.5) is 0 Å². The highest BCUT2D eigenvalue weighted by Gasteiger charge is 2.13. The fraction of sp³-hybridized carbons (Fsp3) is 0.348. The van der Waals surface area contributed by atoms with Gasteiger partial charge in [-0.25, -0.2) is 0 Å². The van der Waals surface area contributed by atoms with Crippen molar-refractivity contribution in [2.24, 2.45) is 4.99 Å². The summed E-state index contributed by atoms with van der Waals surface area (Å²) in [4.78, 5) is 9.89. The zero-order valence-electron chi connectivity index (χ0n) is 17.5. The number of benzene rings is 2. The van der Waals surface area contributed by atoms with Gasteiger partial charge in [0.1, 0.15) is 13.2 Å². The predicted molar refractivity (Wildman–Crippen MR) is 132 cm³/mol. The number of guanidine groups is 1. The lowest BCUT2D eigenvalue weighted by atomic mass is 10.1. The SMILES string of the molecule is CN=C(NCCCc1c[nH]c2ccccc12)N(C)Cc1ccc2c(c1)OCCO2.I. The quantitative estimate of drug-likeness (QED) is 0.222. The van der Waals surface area contributed by atoms with Gasteiger partial charge >= 0.3 is 0 Å². The molecule has 0 atom stereocenters. The normalized spacial score (nSPS) is 13.1. The first-order valence-corrected chi connectivity index (χ1v) is 10.1. The molecule has 1 aliphatic rings. The standard InChI is InChI=1S/C23H28N4O2.HI/c1-24-23(25-11-5-6-18-15-26-20-8-4-3-7-19(18)20)27(2)16-17-9-10-21-22(14-17)29-13-12-28-21;/h3-4,7-10,14-15,26H,5-6,11-13,16H2,1-2H3,(H,24,25);1H. The van der Waals surface area contributed by atoms with Gasteiger partial charge in [-0.15, -0.1) is 24.0 Å². The topological polar surface area (TPSA) is 61.9 Å². The van der Waals surface area contributed by atoms with Crippen LogP contribution in [0.5, 0.6) is 11.5 Å². The molecule has 0 spiro atoms. The van der Waals surface area contributed by atoms with Gasteiger partial charge in [-0.3, -0.25) is 4.99 Å². The molecule has 4 rings (SSSR count). The Hall–Kier alpha value is -2.42. The molecule has 6 nitrogen and oxygen atoms in total. The van der Waals surface area contributed by atoms with Crippen LogP contribution in [0, 0.1) is 0 Å². The number of rotatable bonds is 6. The number of fused-ring (bicyclic) bond motifs is 2. The summed E-state index contributed by atoms with van der Waals surface area (Å²) in [6.07, 6.45) is 4.19. The van der Waals surface area contributed by atoms with E-state index in [0.29, 0.717) is 13.2 Å². The van der Waals surface area contributed by atoms with Gasteiger partial charge in [0.25, 0.3) is 0 Å². The van der Waals surface area contributed by atoms with Crippen molar-refractivity contribution in [1.29, 1.82) is 0 Å². The van der Waals surface area contributed by atoms with E-state index in [0.717, 1.165) is 43.4 Å². The molecule has 30 heavy (non-hydrogen) atoms. The van der Waals surface area contributed by atoms with Crippen LogP contribution in [-0.4, -0.2) is 49.7 Å². The molecular formula is C23H29IN4O2. The number of nitrogens with zero attached hydrogens (tertiary/aromatic N) is 2. The second-order valence-corrected chi connectivity index (χ2v) is 7.27. The number of hydrogen-bond acceptors (Lipinski definition) is 3. The van der Waals surface area contributed by atoms with Gasteiger partial charge < -0.3 is 24.7 Å². The highest BCUT2D eigenvalue weighted by molar-refractivity contribution is 14.0. The van der Waals surface area contributed by atoms with Gasteiger partial charge in [0.15, 0.2) is 17.5 Å². The third-order valence-corrected chi connectivity index (χ3v) is 5.18. The van der Waals surface area contributed by atoms with Gasteiger partial charge in [0.2, 0.25) is 0 Å². The third-order valence-electron chi connectivity index (χ3n) is 5.18. The Morgan fingerprint density at radius 3 is 2.77 bits per heavy atom. The first-order chi connectivity index (χ1) is 14.2. The van der Waals surface area contributed by atoms with E-state index in [1.165, 1.54) is 22.0 Å². The average molecular weight is 520 g/mol. The molecule has 0 saturated carbocycles. The number of ether oxygens (including phenoxy) is 2. The first-order valence-electron chi connectivity index (χ1n) is 10.1. The maximum absolute atomic E-state index is 5.69. The fourth-order valence-electron chi connectivity index (χ4n) is 3.74. The number of H-pyrrole nitrogens is 1. The summed E-state index contributed by atoms with van der Waals surface area (Å²) in [5.74, 6) is 2.53. The maximum atomic E-state index is 5.69. The van der Waals surface area contributed by atoms with Gasteiger partial charge in [-0.05, 0) is 42.2 Å². The smallest absolute Gasteiger partial charge is 0.193 e. The van der Waals surface area contributed by atoms with Gasteiger partial charge in [0, 0.05) is 44.3 Å². The molecule has 160 valence electrons. The Bertz CT molecular complexity index is 1000. The summed E-state index contributed by atoms with van der Waals surface area (Å²) >= 11 is 0. The number of halogens is 1. The number of aryl methyl sites for hydroxylation is 1. The summed E-state index contributed by atoms with van der Waals surface area (Å²) in [7, 11) is 3.87. The molecule has 0 amide bonds. The van der Waals surface area contributed by atoms with Crippen molar-refractivity contribution in [3.05, 3.63) is 59.8 Å². The molecular weight excluding hydrogens is 491 g/mol. The Kier molecular flexibility index (Phi) is 7.84. The molecule has 1 aliphatic heterocycles. The molecule has 0 aliphatic carbocycles. The lowest BCUT2D eigenvalue weighted by molar-refractivity contribution is 0.171. The van der Waals surface area contributed by atoms with Crippen LogP contribution in [0.25, 0.3) is 10.9 Å². The molecule has 0 bridgehead atoms. The lowest BCUT2D eigenvalue weighted by Gasteiger charge is -2.24. The van der Waals surface area contributed by atoms with Crippen LogP contribution in [-0.2, 0) is 13.0 Å². The van der Waals surface area contributed by atoms with Crippen LogP contribution in [0.3, 0.4) is 0 Å². The second kappa shape index (κ2) is 10.6. The number of aliphatic imine (C=N–C) groups is 1. The molecule has 0 saturated heterocycles. The van der Waals surface area contributed by atoms with E-state index in [9.17, 15) is 0 Å². The number of hydrogen-bond donors (Lipinski definition) is 2. The van der Waals surface area contributed by atoms with Crippen molar-refractivity contribution in [2.45, 2.75) is 19.4 Å². The maximum Gasteiger partial charge on any atom is 0.193 e. The van der Waals surface area contributed by atoms with E-state index in [4.69, 9.17) is 9.47 Å². The Labute approximate surface area is 194 Å². The summed E-state index contributed by atoms with van der Waals surface area (Å²) in [6, 6.07) is 14.6. The average Bonchev–Trinajstić information content (AvgIpc) is 3.17. The monoisotopic (exact) mass is 520 g/mol. The summed E-state index contributed by atoms with van der Waals surface area (Å²) in [5.41, 5.74) is 3.73. The van der Waals surface area contributed by atoms with Crippen LogP contribution in [0.2, 0.25) is 0 Å². The van der Waals surface area contributed by atoms with Crippen molar-refractivity contribution in [3.8, 4) is 11.5 Å². The lowest BCUT2D eigenvalue weighted by Crippen LogP contribution is -2.39. The van der Waals surface area contributed by atoms with Crippen molar-refractivity contribution < 1.29 is 9.47 Å². The highest BCUT2D eigenvalue weighted by atomic mass is 127. The molecule has 2 aromatic carbocycles. The van der Waals surface area contributed by atoms with Crippen LogP contribution in [0.1, 0.15) is 17.5 Å². The Balaban J connectivity index is 0.00000256. The molecule has 0 fully saturated rings. The van der Waals surface area contributed by atoms with E-state index in [1.54, 1.807) is 0 Å². The van der Waals surface area contributed by atoms with Crippen LogP contribution >= 0.6 is 24.0 Å². The minimum Gasteiger partial charge on any atom is -0.486 e. The van der Waals surface area contributed by atoms with Crippen LogP contribution < -0.4 is 14.8 Å². The summed E-state index contributed by atoms with van der Waals surface area (Å²) in [5, 5.41) is 4.78. The van der Waals surface area contributed by atoms with Crippen molar-refractivity contribution >= 4 is 40.8 Å². The van der Waals surface area contributed by atoms with E-state index in [2.05, 4.69) is 62.8 Å². The fourth-order valence-corrected chi connectivity index (χ4v) is 3.74. The number of aromatic amines is 1. The Morgan fingerprint density at radius 1 is 1.13 bits per heavy atom. The zero-order valence-corrected chi connectivity index (χ0v) is 19.8. The van der Waals surface area contributed by atoms with Gasteiger partial charge in [-0.1, -0.05) is 24.3 Å². The number of nitrogens with one attached hydrogen (secondary N) is 2. The second-order valence-electron chi connectivity index (χ2n) is 7.27. The van der Waals surface area contributed by atoms with E-state index in [-0.39, 0.29) is 24.0 Å².